The molecular weight excluding hydrogens is 548 g/mol. The first-order chi connectivity index (χ1) is 22.3. The third-order valence-electron chi connectivity index (χ3n) is 9.62. The van der Waals surface area contributed by atoms with Crippen molar-refractivity contribution in [2.24, 2.45) is 0 Å². The molecule has 1 aliphatic carbocycles. The molecule has 0 aliphatic heterocycles. The fourth-order valence-corrected chi connectivity index (χ4v) is 7.61. The Kier molecular flexibility index (Phi) is 5.11. The van der Waals surface area contributed by atoms with E-state index in [9.17, 15) is 0 Å². The third-order valence-corrected chi connectivity index (χ3v) is 9.62. The van der Waals surface area contributed by atoms with Crippen molar-refractivity contribution in [3.05, 3.63) is 156 Å². The molecule has 0 radical (unpaired) electrons. The van der Waals surface area contributed by atoms with Crippen LogP contribution in [0.5, 0.6) is 0 Å². The lowest BCUT2D eigenvalue weighted by Crippen LogP contribution is -1.99. The van der Waals surface area contributed by atoms with Crippen LogP contribution in [0.1, 0.15) is 23.3 Å². The number of aryl methyl sites for hydroxylation is 1. The first-order valence-corrected chi connectivity index (χ1v) is 15.7. The lowest BCUT2D eigenvalue weighted by molar-refractivity contribution is 0.548. The zero-order chi connectivity index (χ0) is 29.5. The quantitative estimate of drug-likeness (QED) is 0.205. The van der Waals surface area contributed by atoms with Crippen LogP contribution in [0.3, 0.4) is 0 Å². The molecule has 0 bridgehead atoms. The molecule has 0 N–H and O–H groups in total. The molecule has 3 heterocycles. The molecule has 6 aromatic carbocycles. The summed E-state index contributed by atoms with van der Waals surface area (Å²) in [6, 6.07) is 50.4. The second kappa shape index (κ2) is 9.35. The van der Waals surface area contributed by atoms with Crippen LogP contribution in [-0.4, -0.2) is 9.13 Å². The molecule has 10 rings (SSSR count). The van der Waals surface area contributed by atoms with Crippen molar-refractivity contribution in [1.82, 2.24) is 9.13 Å². The van der Waals surface area contributed by atoms with Crippen LogP contribution in [0.4, 0.5) is 0 Å². The zero-order valence-corrected chi connectivity index (χ0v) is 24.6. The summed E-state index contributed by atoms with van der Waals surface area (Å²) in [6.07, 6.45) is 4.20. The second-order valence-electron chi connectivity index (χ2n) is 12.1. The lowest BCUT2D eigenvalue weighted by Gasteiger charge is -2.15. The number of nitrogens with zero attached hydrogens (tertiary/aromatic N) is 2. The van der Waals surface area contributed by atoms with Crippen LogP contribution in [0.25, 0.3) is 77.6 Å². The van der Waals surface area contributed by atoms with Gasteiger partial charge in [0.2, 0.25) is 0 Å². The Bertz CT molecular complexity index is 2550. The summed E-state index contributed by atoms with van der Waals surface area (Å²) in [5, 5.41) is 6.27. The van der Waals surface area contributed by atoms with Crippen LogP contribution in [-0.2, 0) is 6.42 Å². The molecule has 45 heavy (non-hydrogen) atoms. The molecule has 9 aromatic rings. The zero-order valence-electron chi connectivity index (χ0n) is 24.6. The summed E-state index contributed by atoms with van der Waals surface area (Å²) in [6.45, 7) is 0. The van der Waals surface area contributed by atoms with E-state index in [0.29, 0.717) is 0 Å². The molecule has 0 spiro atoms. The molecule has 3 nitrogen and oxygen atoms in total. The van der Waals surface area contributed by atoms with E-state index in [1.54, 1.807) is 0 Å². The highest BCUT2D eigenvalue weighted by Crippen LogP contribution is 2.40. The maximum Gasteiger partial charge on any atom is 0.135 e. The number of hydrogen-bond acceptors (Lipinski definition) is 1. The Morgan fingerprint density at radius 3 is 1.56 bits per heavy atom. The fraction of sp³-hybridized carbons (Fsp3) is 0.0476. The SMILES string of the molecule is C1=C(c2cccc(-n3c4ccccc4c4ccccc43)c2)CCc2oc3ccc(-n4c5ccccc5c5ccccc54)cc3c21. The van der Waals surface area contributed by atoms with Crippen LogP contribution in [0.2, 0.25) is 0 Å². The lowest BCUT2D eigenvalue weighted by atomic mass is 9.91. The minimum absolute atomic E-state index is 0.889. The summed E-state index contributed by atoms with van der Waals surface area (Å²) in [4.78, 5) is 0. The van der Waals surface area contributed by atoms with Gasteiger partial charge in [-0.15, -0.1) is 0 Å². The van der Waals surface area contributed by atoms with Gasteiger partial charge in [0, 0.05) is 50.3 Å². The van der Waals surface area contributed by atoms with Crippen LogP contribution < -0.4 is 0 Å². The van der Waals surface area contributed by atoms with E-state index in [0.717, 1.165) is 29.9 Å². The van der Waals surface area contributed by atoms with E-state index in [1.807, 2.05) is 0 Å². The van der Waals surface area contributed by atoms with Crippen molar-refractivity contribution in [3.8, 4) is 11.4 Å². The van der Waals surface area contributed by atoms with E-state index in [1.165, 1.54) is 71.4 Å². The minimum atomic E-state index is 0.889. The fourth-order valence-electron chi connectivity index (χ4n) is 7.61. The highest BCUT2D eigenvalue weighted by Gasteiger charge is 2.21. The molecule has 212 valence electrons. The van der Waals surface area contributed by atoms with Gasteiger partial charge in [-0.3, -0.25) is 0 Å². The smallest absolute Gasteiger partial charge is 0.135 e. The maximum atomic E-state index is 6.44. The highest BCUT2D eigenvalue weighted by atomic mass is 16.3. The van der Waals surface area contributed by atoms with Gasteiger partial charge in [0.1, 0.15) is 11.3 Å². The molecule has 0 unspecified atom stereocenters. The van der Waals surface area contributed by atoms with Crippen molar-refractivity contribution >= 4 is 66.2 Å². The number of rotatable bonds is 3. The summed E-state index contributed by atoms with van der Waals surface area (Å²) in [7, 11) is 0. The number of fused-ring (bicyclic) bond motifs is 9. The van der Waals surface area contributed by atoms with Gasteiger partial charge in [0.15, 0.2) is 0 Å². The van der Waals surface area contributed by atoms with E-state index in [2.05, 4.69) is 155 Å². The van der Waals surface area contributed by atoms with Crippen LogP contribution in [0, 0.1) is 0 Å². The van der Waals surface area contributed by atoms with E-state index in [4.69, 9.17) is 4.42 Å². The van der Waals surface area contributed by atoms with Crippen molar-refractivity contribution in [2.45, 2.75) is 12.8 Å². The number of para-hydroxylation sites is 4. The Morgan fingerprint density at radius 2 is 0.978 bits per heavy atom. The Morgan fingerprint density at radius 1 is 0.444 bits per heavy atom. The number of allylic oxidation sites excluding steroid dienone is 1. The Labute approximate surface area is 259 Å². The number of hydrogen-bond donors (Lipinski definition) is 0. The van der Waals surface area contributed by atoms with E-state index < -0.39 is 0 Å². The van der Waals surface area contributed by atoms with Gasteiger partial charge in [-0.1, -0.05) is 84.9 Å². The van der Waals surface area contributed by atoms with Gasteiger partial charge in [-0.2, -0.15) is 0 Å². The van der Waals surface area contributed by atoms with Crippen LogP contribution in [0.15, 0.2) is 144 Å². The Hall–Kier alpha value is -5.80. The van der Waals surface area contributed by atoms with E-state index in [-0.39, 0.29) is 0 Å². The van der Waals surface area contributed by atoms with Gasteiger partial charge in [0.25, 0.3) is 0 Å². The minimum Gasteiger partial charge on any atom is -0.460 e. The molecule has 0 fully saturated rings. The summed E-state index contributed by atoms with van der Waals surface area (Å²) >= 11 is 0. The van der Waals surface area contributed by atoms with Crippen molar-refractivity contribution < 1.29 is 4.42 Å². The predicted molar refractivity (Wildman–Crippen MR) is 188 cm³/mol. The molecule has 0 amide bonds. The van der Waals surface area contributed by atoms with Crippen molar-refractivity contribution in [1.29, 1.82) is 0 Å². The topological polar surface area (TPSA) is 23.0 Å². The third kappa shape index (κ3) is 3.58. The first-order valence-electron chi connectivity index (χ1n) is 15.7. The van der Waals surface area contributed by atoms with Gasteiger partial charge in [-0.05, 0) is 78.2 Å². The molecule has 1 aliphatic rings. The summed E-state index contributed by atoms with van der Waals surface area (Å²) < 4.78 is 11.2. The Balaban J connectivity index is 1.12. The monoisotopic (exact) mass is 576 g/mol. The van der Waals surface area contributed by atoms with Crippen molar-refractivity contribution in [3.63, 3.8) is 0 Å². The largest absolute Gasteiger partial charge is 0.460 e. The van der Waals surface area contributed by atoms with Gasteiger partial charge < -0.3 is 13.6 Å². The molecule has 3 aromatic heterocycles. The molecule has 0 saturated carbocycles. The maximum absolute atomic E-state index is 6.44. The first kappa shape index (κ1) is 24.6. The molecule has 0 saturated heterocycles. The van der Waals surface area contributed by atoms with Crippen LogP contribution >= 0.6 is 0 Å². The second-order valence-corrected chi connectivity index (χ2v) is 12.1. The van der Waals surface area contributed by atoms with Crippen molar-refractivity contribution in [2.75, 3.05) is 0 Å². The number of aromatic nitrogens is 2. The number of benzene rings is 6. The average molecular weight is 577 g/mol. The van der Waals surface area contributed by atoms with E-state index >= 15 is 0 Å². The van der Waals surface area contributed by atoms with Gasteiger partial charge >= 0.3 is 0 Å². The molecule has 3 heteroatoms. The highest BCUT2D eigenvalue weighted by molar-refractivity contribution is 6.10. The molecule has 0 atom stereocenters. The summed E-state index contributed by atoms with van der Waals surface area (Å²) in [5.41, 5.74) is 12.0. The standard InChI is InChI=1S/C42H28N2O/c1-5-16-37-31(12-1)32-13-2-6-17-38(32)43(37)29-11-9-10-27(24-29)28-20-22-41-35(25-28)36-26-30(21-23-42(36)45-41)44-39-18-7-3-14-33(39)34-15-4-8-19-40(34)44/h1-19,21,23-26H,20,22H2. The number of furan rings is 1. The predicted octanol–water partition coefficient (Wildman–Crippen LogP) is 11.1. The average Bonchev–Trinajstić information content (AvgIpc) is 3.75. The van der Waals surface area contributed by atoms with Gasteiger partial charge in [-0.25, -0.2) is 0 Å². The molecular formula is C42H28N2O. The summed E-state index contributed by atoms with van der Waals surface area (Å²) in [5.74, 6) is 1.08. The normalized spacial score (nSPS) is 13.3. The van der Waals surface area contributed by atoms with Gasteiger partial charge in [0.05, 0.1) is 22.1 Å².